The number of hydrogen-bond acceptors (Lipinski definition) is 6. The van der Waals surface area contributed by atoms with E-state index in [1.807, 2.05) is 29.8 Å². The van der Waals surface area contributed by atoms with Crippen LogP contribution in [0.5, 0.6) is 11.5 Å². The molecular weight excluding hydrogens is 324 g/mol. The second-order valence-electron chi connectivity index (χ2n) is 6.09. The Labute approximate surface area is 145 Å². The minimum Gasteiger partial charge on any atom is -0.497 e. The number of rotatable bonds is 5. The van der Waals surface area contributed by atoms with E-state index < -0.39 is 5.79 Å². The van der Waals surface area contributed by atoms with Crippen molar-refractivity contribution in [2.24, 2.45) is 0 Å². The first-order valence-electron chi connectivity index (χ1n) is 8.07. The van der Waals surface area contributed by atoms with Gasteiger partial charge >= 0.3 is 0 Å². The zero-order chi connectivity index (χ0) is 17.4. The number of hydrogen-bond donors (Lipinski definition) is 0. The smallest absolute Gasteiger partial charge is 0.247 e. The van der Waals surface area contributed by atoms with Crippen molar-refractivity contribution in [3.8, 4) is 11.5 Å². The highest BCUT2D eigenvalue weighted by molar-refractivity contribution is 5.85. The first kappa shape index (κ1) is 16.0. The summed E-state index contributed by atoms with van der Waals surface area (Å²) in [6.07, 6.45) is 5.28. The first-order valence-corrected chi connectivity index (χ1v) is 8.07. The van der Waals surface area contributed by atoms with Crippen molar-refractivity contribution < 1.29 is 23.4 Å². The summed E-state index contributed by atoms with van der Waals surface area (Å²) >= 11 is 0. The summed E-state index contributed by atoms with van der Waals surface area (Å²) in [6.45, 7) is 2.91. The Morgan fingerprint density at radius 3 is 2.80 bits per heavy atom. The van der Waals surface area contributed by atoms with E-state index in [-0.39, 0.29) is 6.10 Å². The maximum absolute atomic E-state index is 6.13. The fraction of sp³-hybridized carbons (Fsp3) is 0.389. The Kier molecular flexibility index (Phi) is 3.89. The lowest BCUT2D eigenvalue weighted by molar-refractivity contribution is -0.196. The molecular formula is C18H20N2O5. The van der Waals surface area contributed by atoms with Gasteiger partial charge in [-0.3, -0.25) is 0 Å². The average molecular weight is 344 g/mol. The van der Waals surface area contributed by atoms with Gasteiger partial charge in [-0.15, -0.1) is 0 Å². The lowest BCUT2D eigenvalue weighted by atomic mass is 10.1. The fourth-order valence-corrected chi connectivity index (χ4v) is 3.11. The predicted octanol–water partition coefficient (Wildman–Crippen LogP) is 2.93. The number of ether oxygens (including phenoxy) is 4. The van der Waals surface area contributed by atoms with Crippen molar-refractivity contribution in [1.82, 2.24) is 9.55 Å². The van der Waals surface area contributed by atoms with Crippen molar-refractivity contribution in [3.63, 3.8) is 0 Å². The van der Waals surface area contributed by atoms with E-state index in [1.165, 1.54) is 0 Å². The quantitative estimate of drug-likeness (QED) is 0.709. The van der Waals surface area contributed by atoms with E-state index in [9.17, 15) is 0 Å². The van der Waals surface area contributed by atoms with Crippen molar-refractivity contribution in [2.75, 3.05) is 20.8 Å². The number of furan rings is 1. The van der Waals surface area contributed by atoms with Gasteiger partial charge in [-0.05, 0) is 19.1 Å². The molecule has 0 spiro atoms. The van der Waals surface area contributed by atoms with E-state index in [4.69, 9.17) is 23.4 Å². The van der Waals surface area contributed by atoms with Crippen LogP contribution in [0.25, 0.3) is 11.0 Å². The molecule has 0 radical (unpaired) electrons. The van der Waals surface area contributed by atoms with E-state index in [2.05, 4.69) is 4.98 Å². The Bertz CT molecular complexity index is 873. The van der Waals surface area contributed by atoms with Crippen LogP contribution in [0.3, 0.4) is 0 Å². The zero-order valence-electron chi connectivity index (χ0n) is 14.4. The Balaban J connectivity index is 1.82. The molecule has 132 valence electrons. The van der Waals surface area contributed by atoms with Crippen molar-refractivity contribution in [3.05, 3.63) is 42.7 Å². The SMILES string of the molecule is COc1cc(OC)c2oc(C3(Cn4ccnc4)OCC(C)O3)cc2c1. The number of benzene rings is 1. The molecule has 3 heterocycles. The van der Waals surface area contributed by atoms with Gasteiger partial charge in [0, 0.05) is 23.8 Å². The molecule has 0 bridgehead atoms. The average Bonchev–Trinajstić information content (AvgIpc) is 3.34. The summed E-state index contributed by atoms with van der Waals surface area (Å²) in [5, 5.41) is 0.864. The minimum absolute atomic E-state index is 0.0341. The van der Waals surface area contributed by atoms with E-state index in [1.54, 1.807) is 32.8 Å². The van der Waals surface area contributed by atoms with E-state index in [0.717, 1.165) is 5.39 Å². The molecule has 2 atom stereocenters. The highest BCUT2D eigenvalue weighted by atomic mass is 16.8. The predicted molar refractivity (Wildman–Crippen MR) is 89.7 cm³/mol. The summed E-state index contributed by atoms with van der Waals surface area (Å²) in [6, 6.07) is 5.60. The van der Waals surface area contributed by atoms with Gasteiger partial charge in [-0.25, -0.2) is 4.98 Å². The topological polar surface area (TPSA) is 67.9 Å². The molecule has 1 aromatic carbocycles. The molecule has 0 saturated carbocycles. The van der Waals surface area contributed by atoms with Gasteiger partial charge in [0.25, 0.3) is 0 Å². The van der Waals surface area contributed by atoms with Crippen LogP contribution in [0.2, 0.25) is 0 Å². The lowest BCUT2D eigenvalue weighted by Crippen LogP contribution is -2.32. The molecule has 7 heteroatoms. The number of fused-ring (bicyclic) bond motifs is 1. The standard InChI is InChI=1S/C18H20N2O5/c1-12-9-23-18(25-12,10-20-5-4-19-11-20)16-7-13-6-14(21-2)8-15(22-3)17(13)24-16/h4-8,11-12H,9-10H2,1-3H3. The Morgan fingerprint density at radius 1 is 1.28 bits per heavy atom. The lowest BCUT2D eigenvalue weighted by Gasteiger charge is -2.25. The second-order valence-corrected chi connectivity index (χ2v) is 6.09. The molecule has 2 unspecified atom stereocenters. The van der Waals surface area contributed by atoms with Crippen molar-refractivity contribution in [1.29, 1.82) is 0 Å². The van der Waals surface area contributed by atoms with Gasteiger partial charge in [-0.1, -0.05) is 0 Å². The molecule has 0 amide bonds. The van der Waals surface area contributed by atoms with Crippen LogP contribution >= 0.6 is 0 Å². The Hall–Kier alpha value is -2.51. The number of nitrogens with zero attached hydrogens (tertiary/aromatic N) is 2. The van der Waals surface area contributed by atoms with Gasteiger partial charge in [0.2, 0.25) is 5.79 Å². The van der Waals surface area contributed by atoms with E-state index >= 15 is 0 Å². The molecule has 2 aromatic heterocycles. The summed E-state index contributed by atoms with van der Waals surface area (Å²) in [4.78, 5) is 4.09. The van der Waals surface area contributed by atoms with Gasteiger partial charge in [0.15, 0.2) is 17.1 Å². The molecule has 3 aromatic rings. The molecule has 1 aliphatic heterocycles. The Morgan fingerprint density at radius 2 is 2.16 bits per heavy atom. The van der Waals surface area contributed by atoms with Gasteiger partial charge in [-0.2, -0.15) is 0 Å². The molecule has 4 rings (SSSR count). The highest BCUT2D eigenvalue weighted by Gasteiger charge is 2.45. The number of imidazole rings is 1. The molecule has 1 saturated heterocycles. The third-order valence-corrected chi connectivity index (χ3v) is 4.28. The summed E-state index contributed by atoms with van der Waals surface area (Å²) in [7, 11) is 3.22. The monoisotopic (exact) mass is 344 g/mol. The molecule has 1 fully saturated rings. The molecule has 25 heavy (non-hydrogen) atoms. The second kappa shape index (κ2) is 6.09. The van der Waals surface area contributed by atoms with Crippen LogP contribution in [0.1, 0.15) is 12.7 Å². The minimum atomic E-state index is -1.00. The third-order valence-electron chi connectivity index (χ3n) is 4.28. The largest absolute Gasteiger partial charge is 0.497 e. The molecule has 0 N–H and O–H groups in total. The van der Waals surface area contributed by atoms with E-state index in [0.29, 0.717) is 36.0 Å². The van der Waals surface area contributed by atoms with Crippen LogP contribution in [-0.4, -0.2) is 36.5 Å². The van der Waals surface area contributed by atoms with Crippen LogP contribution in [0.15, 0.2) is 41.3 Å². The molecule has 1 aliphatic rings. The maximum atomic E-state index is 6.13. The van der Waals surface area contributed by atoms with Crippen molar-refractivity contribution in [2.45, 2.75) is 25.4 Å². The van der Waals surface area contributed by atoms with Crippen LogP contribution in [-0.2, 0) is 21.8 Å². The van der Waals surface area contributed by atoms with Crippen molar-refractivity contribution >= 4 is 11.0 Å². The molecule has 0 aliphatic carbocycles. The number of methoxy groups -OCH3 is 2. The summed E-state index contributed by atoms with van der Waals surface area (Å²) in [5.41, 5.74) is 0.634. The van der Waals surface area contributed by atoms with Gasteiger partial charge < -0.3 is 27.9 Å². The zero-order valence-corrected chi connectivity index (χ0v) is 14.4. The maximum Gasteiger partial charge on any atom is 0.247 e. The first-order chi connectivity index (χ1) is 12.1. The normalized spacial score (nSPS) is 23.2. The highest BCUT2D eigenvalue weighted by Crippen LogP contribution is 2.41. The third kappa shape index (κ3) is 2.75. The van der Waals surface area contributed by atoms with Crippen LogP contribution in [0, 0.1) is 0 Å². The van der Waals surface area contributed by atoms with Crippen LogP contribution < -0.4 is 9.47 Å². The van der Waals surface area contributed by atoms with Gasteiger partial charge in [0.1, 0.15) is 5.75 Å². The number of aromatic nitrogens is 2. The van der Waals surface area contributed by atoms with Gasteiger partial charge in [0.05, 0.1) is 39.8 Å². The van der Waals surface area contributed by atoms with Crippen LogP contribution in [0.4, 0.5) is 0 Å². The summed E-state index contributed by atoms with van der Waals surface area (Å²) < 4.78 is 30.9. The summed E-state index contributed by atoms with van der Waals surface area (Å²) in [5.74, 6) is 0.885. The molecule has 7 nitrogen and oxygen atoms in total. The fourth-order valence-electron chi connectivity index (χ4n) is 3.11.